The molecule has 0 fully saturated rings. The fourth-order valence-corrected chi connectivity index (χ4v) is 3.64. The second-order valence-electron chi connectivity index (χ2n) is 7.43. The summed E-state index contributed by atoms with van der Waals surface area (Å²) in [5.41, 5.74) is 6.10. The van der Waals surface area contributed by atoms with Gasteiger partial charge in [0.05, 0.1) is 29.9 Å². The second kappa shape index (κ2) is 9.63. The van der Waals surface area contributed by atoms with E-state index in [9.17, 15) is 4.79 Å². The number of pyridine rings is 1. The number of aromatic nitrogens is 4. The average molecular weight is 427 g/mol. The van der Waals surface area contributed by atoms with Crippen molar-refractivity contribution in [3.63, 3.8) is 0 Å². The summed E-state index contributed by atoms with van der Waals surface area (Å²) in [6, 6.07) is 1.98. The van der Waals surface area contributed by atoms with Crippen molar-refractivity contribution in [2.24, 2.45) is 0 Å². The van der Waals surface area contributed by atoms with E-state index in [0.29, 0.717) is 25.4 Å². The van der Waals surface area contributed by atoms with Crippen LogP contribution in [0.5, 0.6) is 5.88 Å². The predicted molar refractivity (Wildman–Crippen MR) is 119 cm³/mol. The molecule has 0 spiro atoms. The number of amides is 1. The molecule has 1 amide bonds. The maximum atomic E-state index is 11.7. The molecule has 0 bridgehead atoms. The number of ether oxygens (including phenoxy) is 1. The normalized spacial score (nSPS) is 10.9. The zero-order valence-corrected chi connectivity index (χ0v) is 19.0. The number of rotatable bonds is 9. The molecule has 0 atom stereocenters. The van der Waals surface area contributed by atoms with Gasteiger partial charge in [-0.15, -0.1) is 0 Å². The third-order valence-electron chi connectivity index (χ3n) is 5.16. The molecule has 3 aromatic heterocycles. The van der Waals surface area contributed by atoms with E-state index >= 15 is 0 Å². The van der Waals surface area contributed by atoms with E-state index in [2.05, 4.69) is 25.9 Å². The molecule has 3 heterocycles. The molecule has 9 nitrogen and oxygen atoms in total. The Morgan fingerprint density at radius 2 is 2.00 bits per heavy atom. The van der Waals surface area contributed by atoms with Crippen molar-refractivity contribution < 1.29 is 14.1 Å². The molecule has 9 heteroatoms. The molecule has 0 aliphatic rings. The van der Waals surface area contributed by atoms with Gasteiger partial charge in [0.15, 0.2) is 0 Å². The fourth-order valence-electron chi connectivity index (χ4n) is 3.64. The number of hydrogen-bond donors (Lipinski definition) is 2. The lowest BCUT2D eigenvalue weighted by Gasteiger charge is -2.13. The molecule has 0 aromatic carbocycles. The Morgan fingerprint density at radius 3 is 2.65 bits per heavy atom. The van der Waals surface area contributed by atoms with E-state index in [1.54, 1.807) is 13.3 Å². The molecule has 2 N–H and O–H groups in total. The lowest BCUT2D eigenvalue weighted by molar-refractivity contribution is -0.121. The summed E-state index contributed by atoms with van der Waals surface area (Å²) in [7, 11) is 1.59. The topological polar surface area (TPSA) is 107 Å². The quantitative estimate of drug-likeness (QED) is 0.535. The van der Waals surface area contributed by atoms with E-state index in [1.165, 1.54) is 0 Å². The summed E-state index contributed by atoms with van der Waals surface area (Å²) in [6.45, 7) is 11.0. The number of anilines is 2. The monoisotopic (exact) mass is 426 g/mol. The molecule has 0 aliphatic carbocycles. The number of carbonyl (C=O) groups excluding carboxylic acids is 1. The largest absolute Gasteiger partial charge is 0.480 e. The third kappa shape index (κ3) is 4.87. The first-order chi connectivity index (χ1) is 14.8. The first kappa shape index (κ1) is 22.3. The Balaban J connectivity index is 1.84. The van der Waals surface area contributed by atoms with Gasteiger partial charge in [-0.05, 0) is 47.1 Å². The van der Waals surface area contributed by atoms with Crippen LogP contribution < -0.4 is 15.4 Å². The lowest BCUT2D eigenvalue weighted by Crippen LogP contribution is -2.22. The van der Waals surface area contributed by atoms with Crippen molar-refractivity contribution in [3.05, 3.63) is 35.1 Å². The van der Waals surface area contributed by atoms with Crippen LogP contribution in [0.15, 0.2) is 16.8 Å². The zero-order chi connectivity index (χ0) is 22.5. The average Bonchev–Trinajstić information content (AvgIpc) is 3.21. The third-order valence-corrected chi connectivity index (χ3v) is 5.16. The van der Waals surface area contributed by atoms with Gasteiger partial charge in [0, 0.05) is 36.8 Å². The Kier molecular flexibility index (Phi) is 6.94. The predicted octanol–water partition coefficient (Wildman–Crippen LogP) is 3.84. The standard InChI is InChI=1S/C22H30N6O3/c1-7-23-19(29)9-8-10-28-15(4)21(14(3)26-28)25-18-11-17(12-24-22(18)30-6)20-13(2)27-31-16(20)5/h11-12,25H,7-10H2,1-6H3,(H,23,29). The van der Waals surface area contributed by atoms with Crippen molar-refractivity contribution in [1.29, 1.82) is 0 Å². The number of methoxy groups -OCH3 is 1. The van der Waals surface area contributed by atoms with Crippen molar-refractivity contribution in [3.8, 4) is 17.0 Å². The minimum Gasteiger partial charge on any atom is -0.480 e. The van der Waals surface area contributed by atoms with E-state index in [1.807, 2.05) is 45.4 Å². The number of nitrogens with one attached hydrogen (secondary N) is 2. The minimum atomic E-state index is 0.0642. The molecule has 0 saturated carbocycles. The highest BCUT2D eigenvalue weighted by molar-refractivity contribution is 5.76. The summed E-state index contributed by atoms with van der Waals surface area (Å²) >= 11 is 0. The lowest BCUT2D eigenvalue weighted by atomic mass is 10.1. The number of nitrogens with zero attached hydrogens (tertiary/aromatic N) is 4. The van der Waals surface area contributed by atoms with Gasteiger partial charge in [0.25, 0.3) is 0 Å². The smallest absolute Gasteiger partial charge is 0.237 e. The summed E-state index contributed by atoms with van der Waals surface area (Å²) in [5, 5.41) is 14.9. The van der Waals surface area contributed by atoms with Crippen LogP contribution in [0.3, 0.4) is 0 Å². The molecule has 3 aromatic rings. The van der Waals surface area contributed by atoms with Gasteiger partial charge >= 0.3 is 0 Å². The first-order valence-electron chi connectivity index (χ1n) is 10.4. The number of aryl methyl sites for hydroxylation is 4. The molecular formula is C22H30N6O3. The van der Waals surface area contributed by atoms with Gasteiger partial charge < -0.3 is 19.9 Å². The van der Waals surface area contributed by atoms with Crippen LogP contribution in [0.1, 0.15) is 42.6 Å². The van der Waals surface area contributed by atoms with E-state index in [0.717, 1.165) is 51.8 Å². The van der Waals surface area contributed by atoms with Crippen LogP contribution >= 0.6 is 0 Å². The highest BCUT2D eigenvalue weighted by Crippen LogP contribution is 2.34. The Bertz CT molecular complexity index is 1050. The molecule has 31 heavy (non-hydrogen) atoms. The SMILES string of the molecule is CCNC(=O)CCCn1nc(C)c(Nc2cc(-c3c(C)noc3C)cnc2OC)c1C. The summed E-state index contributed by atoms with van der Waals surface area (Å²) in [6.07, 6.45) is 2.95. The number of hydrogen-bond acceptors (Lipinski definition) is 7. The molecule has 0 saturated heterocycles. The highest BCUT2D eigenvalue weighted by Gasteiger charge is 2.18. The van der Waals surface area contributed by atoms with Crippen molar-refractivity contribution in [2.45, 2.75) is 54.0 Å². The molecular weight excluding hydrogens is 396 g/mol. The van der Waals surface area contributed by atoms with E-state index < -0.39 is 0 Å². The van der Waals surface area contributed by atoms with E-state index in [-0.39, 0.29) is 5.91 Å². The Morgan fingerprint density at radius 1 is 1.23 bits per heavy atom. The summed E-state index contributed by atoms with van der Waals surface area (Å²) in [4.78, 5) is 16.2. The summed E-state index contributed by atoms with van der Waals surface area (Å²) < 4.78 is 12.7. The molecule has 0 radical (unpaired) electrons. The van der Waals surface area contributed by atoms with Crippen LogP contribution in [0.2, 0.25) is 0 Å². The van der Waals surface area contributed by atoms with Crippen LogP contribution in [-0.4, -0.2) is 39.5 Å². The second-order valence-corrected chi connectivity index (χ2v) is 7.43. The van der Waals surface area contributed by atoms with Gasteiger partial charge in [-0.25, -0.2) is 4.98 Å². The fraction of sp³-hybridized carbons (Fsp3) is 0.455. The molecule has 166 valence electrons. The Labute approximate surface area is 182 Å². The maximum Gasteiger partial charge on any atom is 0.237 e. The summed E-state index contributed by atoms with van der Waals surface area (Å²) in [5.74, 6) is 1.29. The van der Waals surface area contributed by atoms with Crippen molar-refractivity contribution in [2.75, 3.05) is 19.0 Å². The highest BCUT2D eigenvalue weighted by atomic mass is 16.5. The first-order valence-corrected chi connectivity index (χ1v) is 10.4. The Hall–Kier alpha value is -3.36. The zero-order valence-electron chi connectivity index (χ0n) is 19.0. The van der Waals surface area contributed by atoms with Crippen molar-refractivity contribution >= 4 is 17.3 Å². The molecule has 0 aliphatic heterocycles. The van der Waals surface area contributed by atoms with Crippen LogP contribution in [0.25, 0.3) is 11.1 Å². The van der Waals surface area contributed by atoms with Crippen LogP contribution in [-0.2, 0) is 11.3 Å². The molecule has 0 unspecified atom stereocenters. The van der Waals surface area contributed by atoms with Gasteiger partial charge in [-0.3, -0.25) is 9.48 Å². The van der Waals surface area contributed by atoms with Gasteiger partial charge in [0.2, 0.25) is 11.8 Å². The minimum absolute atomic E-state index is 0.0642. The molecule has 3 rings (SSSR count). The van der Waals surface area contributed by atoms with E-state index in [4.69, 9.17) is 9.26 Å². The van der Waals surface area contributed by atoms with Crippen LogP contribution in [0, 0.1) is 27.7 Å². The van der Waals surface area contributed by atoms with Gasteiger partial charge in [-0.2, -0.15) is 5.10 Å². The maximum absolute atomic E-state index is 11.7. The van der Waals surface area contributed by atoms with Gasteiger partial charge in [0.1, 0.15) is 11.4 Å². The van der Waals surface area contributed by atoms with Crippen molar-refractivity contribution in [1.82, 2.24) is 25.2 Å². The van der Waals surface area contributed by atoms with Crippen LogP contribution in [0.4, 0.5) is 11.4 Å². The number of carbonyl (C=O) groups is 1. The van der Waals surface area contributed by atoms with Gasteiger partial charge in [-0.1, -0.05) is 5.16 Å².